The van der Waals surface area contributed by atoms with Gasteiger partial charge in [0.15, 0.2) is 0 Å². The summed E-state index contributed by atoms with van der Waals surface area (Å²) in [6.07, 6.45) is 2.62. The molecule has 0 aliphatic heterocycles. The van der Waals surface area contributed by atoms with Crippen LogP contribution in [-0.4, -0.2) is 34.7 Å². The van der Waals surface area contributed by atoms with Crippen molar-refractivity contribution in [3.05, 3.63) is 0 Å². The summed E-state index contributed by atoms with van der Waals surface area (Å²) in [6.45, 7) is 6.37. The van der Waals surface area contributed by atoms with Crippen LogP contribution in [-0.2, 0) is 4.79 Å². The van der Waals surface area contributed by atoms with Crippen molar-refractivity contribution in [2.45, 2.75) is 51.4 Å². The number of carbonyl (C=O) groups excluding carboxylic acids is 1. The molecule has 0 radical (unpaired) electrons. The van der Waals surface area contributed by atoms with Crippen molar-refractivity contribution in [3.8, 4) is 0 Å². The fourth-order valence-electron chi connectivity index (χ4n) is 1.03. The van der Waals surface area contributed by atoms with Gasteiger partial charge in [-0.15, -0.1) is 11.8 Å². The van der Waals surface area contributed by atoms with E-state index in [-0.39, 0.29) is 17.3 Å². The van der Waals surface area contributed by atoms with Gasteiger partial charge in [-0.2, -0.15) is 0 Å². The van der Waals surface area contributed by atoms with E-state index >= 15 is 0 Å². The van der Waals surface area contributed by atoms with Gasteiger partial charge >= 0.3 is 0 Å². The summed E-state index contributed by atoms with van der Waals surface area (Å²) >= 11 is 1.69. The van der Waals surface area contributed by atoms with Crippen molar-refractivity contribution in [1.29, 1.82) is 0 Å². The zero-order valence-electron chi connectivity index (χ0n) is 9.95. The fraction of sp³-hybridized carbons (Fsp3) is 0.909. The molecule has 90 valence electrons. The van der Waals surface area contributed by atoms with E-state index in [2.05, 4.69) is 12.2 Å². The molecular weight excluding hydrogens is 210 g/mol. The molecular formula is C11H23NO2S. The molecule has 0 fully saturated rings. The van der Waals surface area contributed by atoms with Crippen LogP contribution in [0.5, 0.6) is 0 Å². The second kappa shape index (κ2) is 9.04. The van der Waals surface area contributed by atoms with Crippen molar-refractivity contribution >= 4 is 17.7 Å². The number of nitrogens with one attached hydrogen (secondary N) is 1. The Hall–Kier alpha value is -0.220. The van der Waals surface area contributed by atoms with Crippen LogP contribution in [0.2, 0.25) is 0 Å². The third kappa shape index (κ3) is 8.75. The molecule has 0 rings (SSSR count). The van der Waals surface area contributed by atoms with Gasteiger partial charge in [0.25, 0.3) is 0 Å². The van der Waals surface area contributed by atoms with Gasteiger partial charge in [-0.05, 0) is 32.4 Å². The summed E-state index contributed by atoms with van der Waals surface area (Å²) in [4.78, 5) is 11.5. The van der Waals surface area contributed by atoms with Gasteiger partial charge < -0.3 is 10.4 Å². The molecule has 3 nitrogen and oxygen atoms in total. The van der Waals surface area contributed by atoms with Crippen LogP contribution in [0.3, 0.4) is 0 Å². The second-order valence-corrected chi connectivity index (χ2v) is 5.24. The number of hydrogen-bond acceptors (Lipinski definition) is 3. The Balaban J connectivity index is 3.51. The largest absolute Gasteiger partial charge is 0.393 e. The molecule has 0 aromatic heterocycles. The molecule has 0 aliphatic rings. The van der Waals surface area contributed by atoms with Gasteiger partial charge in [-0.3, -0.25) is 4.79 Å². The maximum atomic E-state index is 11.5. The fourth-order valence-corrected chi connectivity index (χ4v) is 2.07. The summed E-state index contributed by atoms with van der Waals surface area (Å²) in [5, 5.41) is 11.9. The summed E-state index contributed by atoms with van der Waals surface area (Å²) in [7, 11) is 0. The van der Waals surface area contributed by atoms with E-state index in [1.165, 1.54) is 6.42 Å². The van der Waals surface area contributed by atoms with Gasteiger partial charge in [0, 0.05) is 6.54 Å². The average Bonchev–Trinajstić information content (AvgIpc) is 2.17. The van der Waals surface area contributed by atoms with Crippen LogP contribution < -0.4 is 5.32 Å². The summed E-state index contributed by atoms with van der Waals surface area (Å²) in [6, 6.07) is 0. The first-order valence-electron chi connectivity index (χ1n) is 5.65. The van der Waals surface area contributed by atoms with Crippen LogP contribution in [0.4, 0.5) is 0 Å². The minimum Gasteiger partial charge on any atom is -0.393 e. The van der Waals surface area contributed by atoms with Crippen LogP contribution in [0.15, 0.2) is 0 Å². The summed E-state index contributed by atoms with van der Waals surface area (Å²) in [5.74, 6) is 1.12. The monoisotopic (exact) mass is 233 g/mol. The van der Waals surface area contributed by atoms with E-state index in [1.54, 1.807) is 18.7 Å². The highest BCUT2D eigenvalue weighted by Crippen LogP contribution is 2.12. The summed E-state index contributed by atoms with van der Waals surface area (Å²) in [5.41, 5.74) is 0. The number of hydrogen-bond donors (Lipinski definition) is 2. The molecule has 0 aliphatic carbocycles. The molecule has 0 saturated heterocycles. The Morgan fingerprint density at radius 1 is 1.47 bits per heavy atom. The van der Waals surface area contributed by atoms with Crippen LogP contribution in [0.25, 0.3) is 0 Å². The normalized spacial score (nSPS) is 14.7. The molecule has 0 bridgehead atoms. The maximum Gasteiger partial charge on any atom is 0.232 e. The smallest absolute Gasteiger partial charge is 0.232 e. The second-order valence-electron chi connectivity index (χ2n) is 3.80. The van der Waals surface area contributed by atoms with Crippen molar-refractivity contribution in [3.63, 3.8) is 0 Å². The lowest BCUT2D eigenvalue weighted by Gasteiger charge is -2.12. The standard InChI is InChI=1S/C11H23NO2S/c1-4-5-8-15-10(3)11(14)12-7-6-9(2)13/h9-10,13H,4-8H2,1-3H3,(H,12,14). The van der Waals surface area contributed by atoms with Gasteiger partial charge in [-0.1, -0.05) is 13.3 Å². The van der Waals surface area contributed by atoms with Crippen LogP contribution >= 0.6 is 11.8 Å². The third-order valence-corrected chi connectivity index (χ3v) is 3.33. The summed E-state index contributed by atoms with van der Waals surface area (Å²) < 4.78 is 0. The first-order valence-corrected chi connectivity index (χ1v) is 6.70. The zero-order chi connectivity index (χ0) is 11.7. The topological polar surface area (TPSA) is 49.3 Å². The predicted molar refractivity (Wildman–Crippen MR) is 66.1 cm³/mol. The van der Waals surface area contributed by atoms with Gasteiger partial charge in [0.1, 0.15) is 0 Å². The van der Waals surface area contributed by atoms with Gasteiger partial charge in [-0.25, -0.2) is 0 Å². The molecule has 0 spiro atoms. The van der Waals surface area contributed by atoms with Gasteiger partial charge in [0.05, 0.1) is 11.4 Å². The van der Waals surface area contributed by atoms with Crippen LogP contribution in [0, 0.1) is 0 Å². The quantitative estimate of drug-likeness (QED) is 0.628. The Bertz CT molecular complexity index is 174. The van der Waals surface area contributed by atoms with Crippen molar-refractivity contribution < 1.29 is 9.90 Å². The minimum atomic E-state index is -0.339. The van der Waals surface area contributed by atoms with Crippen molar-refractivity contribution in [1.82, 2.24) is 5.32 Å². The maximum absolute atomic E-state index is 11.5. The lowest BCUT2D eigenvalue weighted by Crippen LogP contribution is -2.33. The molecule has 2 N–H and O–H groups in total. The number of rotatable bonds is 8. The molecule has 0 saturated carbocycles. The Labute approximate surface area is 97.0 Å². The van der Waals surface area contributed by atoms with Gasteiger partial charge in [0.2, 0.25) is 5.91 Å². The molecule has 2 unspecified atom stereocenters. The number of aliphatic hydroxyl groups excluding tert-OH is 1. The molecule has 2 atom stereocenters. The van der Waals surface area contributed by atoms with Crippen LogP contribution in [0.1, 0.15) is 40.0 Å². The number of thioether (sulfide) groups is 1. The highest BCUT2D eigenvalue weighted by Gasteiger charge is 2.12. The molecule has 0 heterocycles. The SMILES string of the molecule is CCCCSC(C)C(=O)NCCC(C)O. The van der Waals surface area contributed by atoms with E-state index < -0.39 is 0 Å². The first-order chi connectivity index (χ1) is 7.07. The highest BCUT2D eigenvalue weighted by molar-refractivity contribution is 8.00. The first kappa shape index (κ1) is 14.8. The van der Waals surface area contributed by atoms with Crippen molar-refractivity contribution in [2.75, 3.05) is 12.3 Å². The Morgan fingerprint density at radius 2 is 2.13 bits per heavy atom. The molecule has 0 aromatic carbocycles. The predicted octanol–water partition coefficient (Wildman–Crippen LogP) is 1.80. The molecule has 4 heteroatoms. The Morgan fingerprint density at radius 3 is 2.67 bits per heavy atom. The van der Waals surface area contributed by atoms with E-state index in [0.29, 0.717) is 13.0 Å². The van der Waals surface area contributed by atoms with E-state index in [4.69, 9.17) is 5.11 Å². The number of amides is 1. The number of carbonyl (C=O) groups is 1. The number of aliphatic hydroxyl groups is 1. The van der Waals surface area contributed by atoms with E-state index in [0.717, 1.165) is 12.2 Å². The average molecular weight is 233 g/mol. The molecule has 0 aromatic rings. The lowest BCUT2D eigenvalue weighted by atomic mass is 10.3. The third-order valence-electron chi connectivity index (χ3n) is 2.10. The van der Waals surface area contributed by atoms with Crippen molar-refractivity contribution in [2.24, 2.45) is 0 Å². The molecule has 1 amide bonds. The Kier molecular flexibility index (Phi) is 8.91. The zero-order valence-corrected chi connectivity index (χ0v) is 10.8. The minimum absolute atomic E-state index is 0.0190. The van der Waals surface area contributed by atoms with E-state index in [9.17, 15) is 4.79 Å². The highest BCUT2D eigenvalue weighted by atomic mass is 32.2. The lowest BCUT2D eigenvalue weighted by molar-refractivity contribution is -0.120. The number of unbranched alkanes of at least 4 members (excludes halogenated alkanes) is 1. The molecule has 15 heavy (non-hydrogen) atoms. The van der Waals surface area contributed by atoms with E-state index in [1.807, 2.05) is 6.92 Å².